The highest BCUT2D eigenvalue weighted by atomic mass is 15.1. The number of imidazole rings is 1. The molecule has 0 radical (unpaired) electrons. The van der Waals surface area contributed by atoms with E-state index in [1.165, 1.54) is 33.9 Å². The van der Waals surface area contributed by atoms with Crippen molar-refractivity contribution in [2.24, 2.45) is 5.73 Å². The average molecular weight is 253 g/mol. The summed E-state index contributed by atoms with van der Waals surface area (Å²) in [5.41, 5.74) is 12.8. The lowest BCUT2D eigenvalue weighted by Crippen LogP contribution is -2.34. The Balaban J connectivity index is 1.91. The van der Waals surface area contributed by atoms with Crippen LogP contribution in [0.1, 0.15) is 41.9 Å². The molecule has 0 saturated carbocycles. The number of rotatable bonds is 0. The summed E-state index contributed by atoms with van der Waals surface area (Å²) in [7, 11) is 0. The van der Waals surface area contributed by atoms with Gasteiger partial charge in [0.2, 0.25) is 0 Å². The van der Waals surface area contributed by atoms with Crippen LogP contribution in [0.15, 0.2) is 18.2 Å². The number of aromatic nitrogens is 2. The van der Waals surface area contributed by atoms with E-state index in [9.17, 15) is 0 Å². The maximum atomic E-state index is 6.17. The highest BCUT2D eigenvalue weighted by Crippen LogP contribution is 2.40. The van der Waals surface area contributed by atoms with Crippen LogP contribution < -0.4 is 5.73 Å². The molecule has 0 amide bonds. The maximum absolute atomic E-state index is 6.17. The molecule has 2 aliphatic rings. The van der Waals surface area contributed by atoms with E-state index in [0.29, 0.717) is 5.92 Å². The smallest absolute Gasteiger partial charge is 0.112 e. The molecule has 2 atom stereocenters. The Morgan fingerprint density at radius 1 is 1.37 bits per heavy atom. The van der Waals surface area contributed by atoms with Crippen molar-refractivity contribution in [3.63, 3.8) is 0 Å². The van der Waals surface area contributed by atoms with Crippen molar-refractivity contribution in [2.45, 2.75) is 45.2 Å². The summed E-state index contributed by atoms with van der Waals surface area (Å²) >= 11 is 0. The van der Waals surface area contributed by atoms with Gasteiger partial charge >= 0.3 is 0 Å². The Labute approximate surface area is 113 Å². The fraction of sp³-hybridized carbons (Fsp3) is 0.438. The molecule has 2 aromatic rings. The van der Waals surface area contributed by atoms with Gasteiger partial charge in [-0.05, 0) is 25.0 Å². The first-order chi connectivity index (χ1) is 9.13. The van der Waals surface area contributed by atoms with E-state index >= 15 is 0 Å². The third-order valence-corrected chi connectivity index (χ3v) is 4.49. The van der Waals surface area contributed by atoms with Gasteiger partial charge in [0.25, 0.3) is 0 Å². The highest BCUT2D eigenvalue weighted by molar-refractivity contribution is 5.73. The van der Waals surface area contributed by atoms with Crippen LogP contribution in [0.25, 0.3) is 11.3 Å². The largest absolute Gasteiger partial charge is 0.329 e. The number of nitrogens with two attached hydrogens (primary N) is 1. The zero-order chi connectivity index (χ0) is 13.1. The van der Waals surface area contributed by atoms with Crippen LogP contribution >= 0.6 is 0 Å². The second-order valence-electron chi connectivity index (χ2n) is 6.11. The number of nitrogens with zero attached hydrogens (tertiary/aromatic N) is 2. The van der Waals surface area contributed by atoms with Gasteiger partial charge in [0.1, 0.15) is 5.82 Å². The first-order valence-corrected chi connectivity index (χ1v) is 7.08. The van der Waals surface area contributed by atoms with Crippen molar-refractivity contribution in [2.75, 3.05) is 0 Å². The first-order valence-electron chi connectivity index (χ1n) is 7.08. The first kappa shape index (κ1) is 11.2. The van der Waals surface area contributed by atoms with Crippen molar-refractivity contribution in [1.82, 2.24) is 9.55 Å². The molecule has 98 valence electrons. The summed E-state index contributed by atoms with van der Waals surface area (Å²) in [6.07, 6.45) is 2.06. The molecule has 0 saturated heterocycles. The lowest BCUT2D eigenvalue weighted by Gasteiger charge is -2.26. The average Bonchev–Trinajstić information content (AvgIpc) is 2.87. The lowest BCUT2D eigenvalue weighted by atomic mass is 9.97. The van der Waals surface area contributed by atoms with Gasteiger partial charge in [-0.25, -0.2) is 4.98 Å². The van der Waals surface area contributed by atoms with E-state index < -0.39 is 0 Å². The van der Waals surface area contributed by atoms with Crippen molar-refractivity contribution in [3.05, 3.63) is 40.8 Å². The highest BCUT2D eigenvalue weighted by Gasteiger charge is 2.32. The molecule has 0 fully saturated rings. The molecule has 3 nitrogen and oxygen atoms in total. The third-order valence-electron chi connectivity index (χ3n) is 4.49. The van der Waals surface area contributed by atoms with E-state index in [1.807, 2.05) is 0 Å². The van der Waals surface area contributed by atoms with Gasteiger partial charge in [-0.3, -0.25) is 0 Å². The van der Waals surface area contributed by atoms with E-state index in [4.69, 9.17) is 10.7 Å². The summed E-state index contributed by atoms with van der Waals surface area (Å²) in [6, 6.07) is 6.97. The zero-order valence-corrected chi connectivity index (χ0v) is 11.5. The molecule has 1 aliphatic heterocycles. The summed E-state index contributed by atoms with van der Waals surface area (Å²) < 4.78 is 2.38. The van der Waals surface area contributed by atoms with Gasteiger partial charge < -0.3 is 10.3 Å². The van der Waals surface area contributed by atoms with E-state index in [0.717, 1.165) is 19.4 Å². The number of hydrogen-bond donors (Lipinski definition) is 1. The van der Waals surface area contributed by atoms with Crippen LogP contribution in [0, 0.1) is 6.92 Å². The number of benzene rings is 1. The minimum absolute atomic E-state index is 0.270. The molecule has 1 aromatic heterocycles. The normalized spacial score (nSPS) is 23.9. The second-order valence-corrected chi connectivity index (χ2v) is 6.11. The van der Waals surface area contributed by atoms with Crippen LogP contribution in [-0.2, 0) is 13.0 Å². The Morgan fingerprint density at radius 3 is 3.05 bits per heavy atom. The molecule has 3 heteroatoms. The molecule has 2 heterocycles. The summed E-state index contributed by atoms with van der Waals surface area (Å²) in [4.78, 5) is 4.94. The molecule has 0 spiro atoms. The van der Waals surface area contributed by atoms with Gasteiger partial charge in [-0.2, -0.15) is 0 Å². The summed E-state index contributed by atoms with van der Waals surface area (Å²) in [6.45, 7) is 5.31. The quantitative estimate of drug-likeness (QED) is 0.669. The SMILES string of the molecule is Cc1ccc2c(c1)-c1nc3n(c1C2)CC(N)CC3C. The topological polar surface area (TPSA) is 43.8 Å². The monoisotopic (exact) mass is 253 g/mol. The Morgan fingerprint density at radius 2 is 2.21 bits per heavy atom. The van der Waals surface area contributed by atoms with E-state index in [2.05, 4.69) is 36.6 Å². The number of aryl methyl sites for hydroxylation is 1. The van der Waals surface area contributed by atoms with Gasteiger partial charge in [-0.15, -0.1) is 0 Å². The van der Waals surface area contributed by atoms with Crippen LogP contribution in [0.5, 0.6) is 0 Å². The molecule has 2 unspecified atom stereocenters. The van der Waals surface area contributed by atoms with Crippen molar-refractivity contribution < 1.29 is 0 Å². The van der Waals surface area contributed by atoms with Crippen molar-refractivity contribution >= 4 is 0 Å². The van der Waals surface area contributed by atoms with Gasteiger partial charge in [0.15, 0.2) is 0 Å². The van der Waals surface area contributed by atoms with E-state index in [1.54, 1.807) is 0 Å². The molecular weight excluding hydrogens is 234 g/mol. The van der Waals surface area contributed by atoms with Crippen LogP contribution in [0.3, 0.4) is 0 Å². The van der Waals surface area contributed by atoms with Crippen LogP contribution in [0.4, 0.5) is 0 Å². The van der Waals surface area contributed by atoms with Crippen molar-refractivity contribution in [1.29, 1.82) is 0 Å². The predicted octanol–water partition coefficient (Wildman–Crippen LogP) is 2.60. The fourth-order valence-electron chi connectivity index (χ4n) is 3.59. The molecule has 1 aliphatic carbocycles. The molecule has 19 heavy (non-hydrogen) atoms. The van der Waals surface area contributed by atoms with Crippen LogP contribution in [0.2, 0.25) is 0 Å². The molecule has 2 N–H and O–H groups in total. The minimum Gasteiger partial charge on any atom is -0.329 e. The lowest BCUT2D eigenvalue weighted by molar-refractivity contribution is 0.401. The number of fused-ring (bicyclic) bond motifs is 5. The third kappa shape index (κ3) is 1.51. The maximum Gasteiger partial charge on any atom is 0.112 e. The predicted molar refractivity (Wildman–Crippen MR) is 76.2 cm³/mol. The molecular formula is C16H19N3. The second kappa shape index (κ2) is 3.70. The minimum atomic E-state index is 0.270. The summed E-state index contributed by atoms with van der Waals surface area (Å²) in [5.74, 6) is 1.71. The standard InChI is InChI=1S/C16H19N3/c1-9-3-4-11-7-14-15(13(11)5-9)18-16-10(2)6-12(17)8-19(14)16/h3-5,10,12H,6-8,17H2,1-2H3. The van der Waals surface area contributed by atoms with Gasteiger partial charge in [-0.1, -0.05) is 24.6 Å². The fourth-order valence-corrected chi connectivity index (χ4v) is 3.59. The zero-order valence-electron chi connectivity index (χ0n) is 11.5. The molecule has 4 rings (SSSR count). The molecule has 0 bridgehead atoms. The Kier molecular flexibility index (Phi) is 2.19. The van der Waals surface area contributed by atoms with E-state index in [-0.39, 0.29) is 6.04 Å². The number of hydrogen-bond acceptors (Lipinski definition) is 2. The van der Waals surface area contributed by atoms with Gasteiger partial charge in [0.05, 0.1) is 5.69 Å². The molecule has 1 aromatic carbocycles. The Bertz CT molecular complexity index is 669. The van der Waals surface area contributed by atoms with Crippen molar-refractivity contribution in [3.8, 4) is 11.3 Å². The van der Waals surface area contributed by atoms with Crippen LogP contribution in [-0.4, -0.2) is 15.6 Å². The van der Waals surface area contributed by atoms with Gasteiger partial charge in [0, 0.05) is 36.2 Å². The Hall–Kier alpha value is -1.61. The summed E-state index contributed by atoms with van der Waals surface area (Å²) in [5, 5.41) is 0.